The zero-order valence-corrected chi connectivity index (χ0v) is 14.0. The molecule has 8 heteroatoms. The number of hydrogen-bond acceptors (Lipinski definition) is 5. The third kappa shape index (κ3) is 3.51. The first-order valence-electron chi connectivity index (χ1n) is 7.33. The molecule has 3 rings (SSSR count). The molecule has 1 saturated carbocycles. The van der Waals surface area contributed by atoms with E-state index in [0.717, 1.165) is 18.2 Å². The van der Waals surface area contributed by atoms with Crippen LogP contribution in [0.1, 0.15) is 18.4 Å². The Kier molecular flexibility index (Phi) is 4.54. The summed E-state index contributed by atoms with van der Waals surface area (Å²) >= 11 is 1.62. The first kappa shape index (κ1) is 15.9. The molecule has 22 heavy (non-hydrogen) atoms. The Balaban J connectivity index is 1.56. The molecule has 0 bridgehead atoms. The van der Waals surface area contributed by atoms with Crippen LogP contribution in [0.15, 0.2) is 16.8 Å². The maximum atomic E-state index is 12.1. The maximum Gasteiger partial charge on any atom is 0.220 e. The summed E-state index contributed by atoms with van der Waals surface area (Å²) in [4.78, 5) is 12.1. The van der Waals surface area contributed by atoms with Crippen molar-refractivity contribution >= 4 is 27.3 Å². The van der Waals surface area contributed by atoms with Gasteiger partial charge in [-0.1, -0.05) is 0 Å². The standard InChI is InChI=1S/C14H20N2O4S2/c1-22(18,19)16-13-12(10-4-6-20-14(10)13)15-11(17)3-2-9-5-7-21-8-9/h5,7-8,10,12-14,16H,2-4,6H2,1H3,(H,15,17)/t10-,12+,13-,14-/m1/s1. The van der Waals surface area contributed by atoms with E-state index in [-0.39, 0.29) is 30.0 Å². The normalized spacial score (nSPS) is 30.6. The van der Waals surface area contributed by atoms with Gasteiger partial charge in [0.25, 0.3) is 0 Å². The lowest BCUT2D eigenvalue weighted by Gasteiger charge is -2.47. The van der Waals surface area contributed by atoms with E-state index in [4.69, 9.17) is 4.74 Å². The Labute approximate surface area is 134 Å². The highest BCUT2D eigenvalue weighted by Crippen LogP contribution is 2.39. The third-order valence-electron chi connectivity index (χ3n) is 4.28. The lowest BCUT2D eigenvalue weighted by atomic mass is 9.72. The van der Waals surface area contributed by atoms with Crippen LogP contribution >= 0.6 is 11.3 Å². The molecule has 122 valence electrons. The van der Waals surface area contributed by atoms with Gasteiger partial charge in [-0.3, -0.25) is 4.79 Å². The molecule has 0 radical (unpaired) electrons. The van der Waals surface area contributed by atoms with Crippen LogP contribution in [0.5, 0.6) is 0 Å². The van der Waals surface area contributed by atoms with Crippen molar-refractivity contribution in [2.45, 2.75) is 37.5 Å². The smallest absolute Gasteiger partial charge is 0.220 e. The molecule has 2 aliphatic rings. The van der Waals surface area contributed by atoms with Crippen molar-refractivity contribution in [1.29, 1.82) is 0 Å². The Morgan fingerprint density at radius 2 is 2.27 bits per heavy atom. The van der Waals surface area contributed by atoms with Crippen LogP contribution in [-0.2, 0) is 26.0 Å². The van der Waals surface area contributed by atoms with Gasteiger partial charge in [0.05, 0.1) is 24.4 Å². The van der Waals surface area contributed by atoms with Crippen LogP contribution in [0.2, 0.25) is 0 Å². The van der Waals surface area contributed by atoms with Crippen molar-refractivity contribution in [3.05, 3.63) is 22.4 Å². The van der Waals surface area contributed by atoms with Gasteiger partial charge in [0, 0.05) is 18.9 Å². The Morgan fingerprint density at radius 3 is 2.95 bits per heavy atom. The van der Waals surface area contributed by atoms with Crippen molar-refractivity contribution in [1.82, 2.24) is 10.0 Å². The van der Waals surface area contributed by atoms with Gasteiger partial charge in [0.2, 0.25) is 15.9 Å². The summed E-state index contributed by atoms with van der Waals surface area (Å²) in [6.07, 6.45) is 3.00. The van der Waals surface area contributed by atoms with Gasteiger partial charge in [-0.15, -0.1) is 0 Å². The minimum absolute atomic E-state index is 0.0400. The molecule has 6 nitrogen and oxygen atoms in total. The lowest BCUT2D eigenvalue weighted by molar-refractivity contribution is -0.125. The minimum atomic E-state index is -3.32. The van der Waals surface area contributed by atoms with Crippen molar-refractivity contribution in [3.63, 3.8) is 0 Å². The second-order valence-corrected chi connectivity index (χ2v) is 8.49. The van der Waals surface area contributed by atoms with Gasteiger partial charge in [0.15, 0.2) is 0 Å². The Hall–Kier alpha value is -0.960. The van der Waals surface area contributed by atoms with Gasteiger partial charge in [-0.05, 0) is 35.2 Å². The van der Waals surface area contributed by atoms with E-state index < -0.39 is 10.0 Å². The van der Waals surface area contributed by atoms with E-state index in [1.807, 2.05) is 16.8 Å². The summed E-state index contributed by atoms with van der Waals surface area (Å²) in [5.41, 5.74) is 1.15. The fraction of sp³-hybridized carbons (Fsp3) is 0.643. The van der Waals surface area contributed by atoms with E-state index in [0.29, 0.717) is 19.4 Å². The van der Waals surface area contributed by atoms with Crippen LogP contribution in [0.3, 0.4) is 0 Å². The molecule has 1 saturated heterocycles. The molecule has 2 heterocycles. The molecule has 1 aromatic heterocycles. The zero-order valence-electron chi connectivity index (χ0n) is 12.3. The summed E-state index contributed by atoms with van der Waals surface area (Å²) in [5, 5.41) is 7.01. The van der Waals surface area contributed by atoms with Gasteiger partial charge >= 0.3 is 0 Å². The van der Waals surface area contributed by atoms with Crippen LogP contribution < -0.4 is 10.0 Å². The second-order valence-electron chi connectivity index (χ2n) is 5.93. The molecule has 0 spiro atoms. The van der Waals surface area contributed by atoms with E-state index >= 15 is 0 Å². The number of nitrogens with one attached hydrogen (secondary N) is 2. The van der Waals surface area contributed by atoms with Crippen molar-refractivity contribution in [3.8, 4) is 0 Å². The van der Waals surface area contributed by atoms with Crippen LogP contribution in [0, 0.1) is 5.92 Å². The van der Waals surface area contributed by atoms with E-state index in [1.54, 1.807) is 11.3 Å². The first-order valence-corrected chi connectivity index (χ1v) is 10.2. The predicted molar refractivity (Wildman–Crippen MR) is 84.2 cm³/mol. The van der Waals surface area contributed by atoms with E-state index in [9.17, 15) is 13.2 Å². The highest BCUT2D eigenvalue weighted by atomic mass is 32.2. The Morgan fingerprint density at radius 1 is 1.45 bits per heavy atom. The SMILES string of the molecule is CS(=O)(=O)N[C@@H]1[C@@H](NC(=O)CCc2ccsc2)[C@H]2CCO[C@H]21. The van der Waals surface area contributed by atoms with Crippen molar-refractivity contribution in [2.24, 2.45) is 5.92 Å². The lowest BCUT2D eigenvalue weighted by Crippen LogP contribution is -2.70. The largest absolute Gasteiger partial charge is 0.376 e. The van der Waals surface area contributed by atoms with E-state index in [1.165, 1.54) is 0 Å². The molecule has 2 N–H and O–H groups in total. The molecule has 1 aliphatic carbocycles. The zero-order chi connectivity index (χ0) is 15.7. The number of amides is 1. The summed E-state index contributed by atoms with van der Waals surface area (Å²) in [5.74, 6) is 0.172. The van der Waals surface area contributed by atoms with Crippen molar-refractivity contribution in [2.75, 3.05) is 12.9 Å². The molecule has 1 aliphatic heterocycles. The minimum Gasteiger partial charge on any atom is -0.376 e. The highest BCUT2D eigenvalue weighted by molar-refractivity contribution is 7.88. The average Bonchev–Trinajstić information content (AvgIpc) is 3.09. The summed E-state index contributed by atoms with van der Waals surface area (Å²) in [7, 11) is -3.32. The number of aryl methyl sites for hydroxylation is 1. The van der Waals surface area contributed by atoms with Crippen molar-refractivity contribution < 1.29 is 17.9 Å². The van der Waals surface area contributed by atoms with Gasteiger partial charge < -0.3 is 10.1 Å². The quantitative estimate of drug-likeness (QED) is 0.787. The van der Waals surface area contributed by atoms with Crippen LogP contribution in [0.4, 0.5) is 0 Å². The van der Waals surface area contributed by atoms with Gasteiger partial charge in [-0.2, -0.15) is 11.3 Å². The number of carbonyl (C=O) groups is 1. The third-order valence-corrected chi connectivity index (χ3v) is 5.72. The first-order chi connectivity index (χ1) is 10.4. The molecule has 0 aromatic carbocycles. The van der Waals surface area contributed by atoms with Crippen LogP contribution in [0.25, 0.3) is 0 Å². The number of ether oxygens (including phenoxy) is 1. The number of rotatable bonds is 6. The van der Waals surface area contributed by atoms with Gasteiger partial charge in [0.1, 0.15) is 0 Å². The second kappa shape index (κ2) is 6.27. The summed E-state index contributed by atoms with van der Waals surface area (Å²) in [6, 6.07) is 1.49. The number of sulfonamides is 1. The summed E-state index contributed by atoms with van der Waals surface area (Å²) < 4.78 is 31.1. The molecule has 1 aromatic rings. The predicted octanol–water partition coefficient (Wildman–Crippen LogP) is 0.502. The average molecular weight is 344 g/mol. The maximum absolute atomic E-state index is 12.1. The van der Waals surface area contributed by atoms with E-state index in [2.05, 4.69) is 10.0 Å². The monoisotopic (exact) mass is 344 g/mol. The fourth-order valence-electron chi connectivity index (χ4n) is 3.24. The number of thiophene rings is 1. The fourth-order valence-corrected chi connectivity index (χ4v) is 4.72. The molecule has 0 unspecified atom stereocenters. The topological polar surface area (TPSA) is 84.5 Å². The molecular formula is C14H20N2O4S2. The molecule has 1 amide bonds. The number of fused-ring (bicyclic) bond motifs is 1. The molecule has 2 fully saturated rings. The summed E-state index contributed by atoms with van der Waals surface area (Å²) in [6.45, 7) is 0.624. The number of carbonyl (C=O) groups excluding carboxylic acids is 1. The molecular weight excluding hydrogens is 324 g/mol. The van der Waals surface area contributed by atoms with Crippen LogP contribution in [-0.4, -0.2) is 45.4 Å². The number of hydrogen-bond donors (Lipinski definition) is 2. The highest BCUT2D eigenvalue weighted by Gasteiger charge is 2.55. The van der Waals surface area contributed by atoms with Gasteiger partial charge in [-0.25, -0.2) is 13.1 Å². The Bertz CT molecular complexity index is 629. The molecule has 4 atom stereocenters.